The Morgan fingerprint density at radius 2 is 1.84 bits per heavy atom. The van der Waals surface area contributed by atoms with Crippen LogP contribution in [-0.2, 0) is 4.79 Å². The maximum Gasteiger partial charge on any atom is 0.246 e. The number of piperazine rings is 1. The smallest absolute Gasteiger partial charge is 0.246 e. The van der Waals surface area contributed by atoms with Crippen molar-refractivity contribution in [2.24, 2.45) is 5.10 Å². The molecule has 0 saturated carbocycles. The minimum Gasteiger partial charge on any atom is -0.352 e. The van der Waals surface area contributed by atoms with Crippen LogP contribution in [0.2, 0.25) is 0 Å². The van der Waals surface area contributed by atoms with Gasteiger partial charge in [-0.3, -0.25) is 19.5 Å². The molecule has 3 aromatic rings. The van der Waals surface area contributed by atoms with Gasteiger partial charge in [0.1, 0.15) is 11.5 Å². The van der Waals surface area contributed by atoms with E-state index in [0.717, 1.165) is 54.5 Å². The molecule has 2 saturated heterocycles. The summed E-state index contributed by atoms with van der Waals surface area (Å²) < 4.78 is 0. The number of hydrazone groups is 1. The quantitative estimate of drug-likeness (QED) is 0.139. The van der Waals surface area contributed by atoms with Gasteiger partial charge in [0, 0.05) is 51.2 Å². The van der Waals surface area contributed by atoms with Crippen molar-refractivity contribution in [3.63, 3.8) is 0 Å². The number of carbonyl (C=O) groups is 2. The Kier molecular flexibility index (Phi) is 9.74. The average molecular weight is 608 g/mol. The van der Waals surface area contributed by atoms with Crippen LogP contribution in [0.4, 0.5) is 17.5 Å². The molecule has 2 fully saturated rings. The third-order valence-electron chi connectivity index (χ3n) is 8.90. The van der Waals surface area contributed by atoms with Gasteiger partial charge in [0.2, 0.25) is 11.9 Å². The summed E-state index contributed by atoms with van der Waals surface area (Å²) in [6.07, 6.45) is 3.85. The van der Waals surface area contributed by atoms with E-state index in [0.29, 0.717) is 43.0 Å². The summed E-state index contributed by atoms with van der Waals surface area (Å²) >= 11 is 0. The first-order chi connectivity index (χ1) is 21.8. The van der Waals surface area contributed by atoms with Crippen LogP contribution in [0.15, 0.2) is 54.2 Å². The van der Waals surface area contributed by atoms with Crippen molar-refractivity contribution in [3.05, 3.63) is 65.9 Å². The largest absolute Gasteiger partial charge is 0.352 e. The topological polar surface area (TPSA) is 112 Å². The van der Waals surface area contributed by atoms with Crippen LogP contribution in [-0.4, -0.2) is 103 Å². The Morgan fingerprint density at radius 1 is 1.11 bits per heavy atom. The predicted molar refractivity (Wildman–Crippen MR) is 179 cm³/mol. The fraction of sp³-hybridized carbons (Fsp3) is 0.412. The Labute approximate surface area is 265 Å². The molecule has 45 heavy (non-hydrogen) atoms. The first kappa shape index (κ1) is 31.6. The summed E-state index contributed by atoms with van der Waals surface area (Å²) in [6, 6.07) is 14.6. The number of likely N-dealkylation sites (N-methyl/N-ethyl adjacent to an activating group) is 1. The second-order valence-electron chi connectivity index (χ2n) is 11.5. The molecule has 2 aromatic carbocycles. The van der Waals surface area contributed by atoms with Crippen molar-refractivity contribution in [2.75, 3.05) is 67.7 Å². The van der Waals surface area contributed by atoms with Crippen LogP contribution < -0.4 is 14.8 Å². The molecule has 0 radical (unpaired) electrons. The summed E-state index contributed by atoms with van der Waals surface area (Å²) in [5.41, 5.74) is 2.81. The van der Waals surface area contributed by atoms with E-state index in [-0.39, 0.29) is 24.1 Å². The third kappa shape index (κ3) is 6.37. The Balaban J connectivity index is 1.53. The molecular formula is C34H41N9O2. The van der Waals surface area contributed by atoms with Crippen molar-refractivity contribution >= 4 is 46.6 Å². The van der Waals surface area contributed by atoms with E-state index in [2.05, 4.69) is 61.4 Å². The van der Waals surface area contributed by atoms with E-state index in [1.807, 2.05) is 30.1 Å². The molecule has 1 amide bonds. The second kappa shape index (κ2) is 13.9. The van der Waals surface area contributed by atoms with Gasteiger partial charge in [0.05, 0.1) is 36.0 Å². The van der Waals surface area contributed by atoms with E-state index in [4.69, 9.17) is 15.1 Å². The fourth-order valence-electron chi connectivity index (χ4n) is 6.37. The molecule has 5 rings (SSSR count). The Morgan fingerprint density at radius 3 is 2.51 bits per heavy atom. The van der Waals surface area contributed by atoms with Crippen LogP contribution in [0, 0.1) is 18.3 Å². The van der Waals surface area contributed by atoms with E-state index in [9.17, 15) is 14.9 Å². The van der Waals surface area contributed by atoms with Gasteiger partial charge in [-0.25, -0.2) is 4.98 Å². The van der Waals surface area contributed by atoms with E-state index in [1.54, 1.807) is 16.1 Å². The SMILES string of the molecule is C=CC(=O)N1CCN(c2nc(N3CC(N(CC)CC)C3)nc(C=O)c2/C=N\N(C)c2cccc3cccc(C)c23)CC1CC#N. The summed E-state index contributed by atoms with van der Waals surface area (Å²) in [4.78, 5) is 43.1. The molecule has 3 heterocycles. The molecule has 0 spiro atoms. The first-order valence-corrected chi connectivity index (χ1v) is 15.5. The number of fused-ring (bicyclic) bond motifs is 1. The predicted octanol–water partition coefficient (Wildman–Crippen LogP) is 3.87. The van der Waals surface area contributed by atoms with Crippen LogP contribution in [0.5, 0.6) is 0 Å². The van der Waals surface area contributed by atoms with Gasteiger partial charge >= 0.3 is 0 Å². The highest BCUT2D eigenvalue weighted by molar-refractivity contribution is 5.99. The molecule has 0 N–H and O–H groups in total. The third-order valence-corrected chi connectivity index (χ3v) is 8.90. The normalized spacial score (nSPS) is 17.1. The van der Waals surface area contributed by atoms with E-state index in [1.165, 1.54) is 6.08 Å². The number of anilines is 3. The lowest BCUT2D eigenvalue weighted by molar-refractivity contribution is -0.128. The van der Waals surface area contributed by atoms with Crippen molar-refractivity contribution in [3.8, 4) is 6.07 Å². The highest BCUT2D eigenvalue weighted by Crippen LogP contribution is 2.31. The maximum absolute atomic E-state index is 12.6. The molecule has 0 aliphatic carbocycles. The lowest BCUT2D eigenvalue weighted by Crippen LogP contribution is -2.60. The Bertz CT molecular complexity index is 1630. The second-order valence-corrected chi connectivity index (χ2v) is 11.5. The summed E-state index contributed by atoms with van der Waals surface area (Å²) in [5, 5.41) is 18.4. The number of aldehydes is 1. The lowest BCUT2D eigenvalue weighted by Gasteiger charge is -2.45. The molecule has 11 nitrogen and oxygen atoms in total. The van der Waals surface area contributed by atoms with Crippen molar-refractivity contribution < 1.29 is 9.59 Å². The van der Waals surface area contributed by atoms with Gasteiger partial charge in [-0.1, -0.05) is 50.8 Å². The number of aryl methyl sites for hydroxylation is 1. The summed E-state index contributed by atoms with van der Waals surface area (Å²) in [7, 11) is 1.88. The van der Waals surface area contributed by atoms with Crippen LogP contribution in [0.25, 0.3) is 10.8 Å². The van der Waals surface area contributed by atoms with Gasteiger partial charge in [-0.05, 0) is 43.1 Å². The number of carbonyl (C=O) groups excluding carboxylic acids is 2. The van der Waals surface area contributed by atoms with Gasteiger partial charge in [-0.15, -0.1) is 0 Å². The highest BCUT2D eigenvalue weighted by Gasteiger charge is 2.35. The van der Waals surface area contributed by atoms with Gasteiger partial charge in [0.25, 0.3) is 0 Å². The molecule has 1 unspecified atom stereocenters. The molecule has 1 aromatic heterocycles. The van der Waals surface area contributed by atoms with Crippen molar-refractivity contribution in [1.82, 2.24) is 19.8 Å². The Hall–Kier alpha value is -4.82. The van der Waals surface area contributed by atoms with E-state index < -0.39 is 0 Å². The average Bonchev–Trinajstić information content (AvgIpc) is 3.04. The van der Waals surface area contributed by atoms with Crippen LogP contribution >= 0.6 is 0 Å². The summed E-state index contributed by atoms with van der Waals surface area (Å²) in [5.74, 6) is 0.851. The highest BCUT2D eigenvalue weighted by atomic mass is 16.2. The van der Waals surface area contributed by atoms with Crippen LogP contribution in [0.3, 0.4) is 0 Å². The minimum absolute atomic E-state index is 0.166. The van der Waals surface area contributed by atoms with Gasteiger partial charge in [-0.2, -0.15) is 15.3 Å². The molecule has 2 aliphatic heterocycles. The van der Waals surface area contributed by atoms with Crippen molar-refractivity contribution in [1.29, 1.82) is 5.26 Å². The molecule has 1 atom stereocenters. The molecule has 2 aliphatic rings. The number of rotatable bonds is 11. The van der Waals surface area contributed by atoms with E-state index >= 15 is 0 Å². The lowest BCUT2D eigenvalue weighted by atomic mass is 10.0. The first-order valence-electron chi connectivity index (χ1n) is 15.5. The number of amides is 1. The summed E-state index contributed by atoms with van der Waals surface area (Å²) in [6.45, 7) is 14.7. The number of hydrogen-bond donors (Lipinski definition) is 0. The number of nitrogens with zero attached hydrogens (tertiary/aromatic N) is 9. The van der Waals surface area contributed by atoms with Crippen LogP contribution in [0.1, 0.15) is 41.9 Å². The molecule has 11 heteroatoms. The zero-order valence-electron chi connectivity index (χ0n) is 26.6. The standard InChI is InChI=1S/C34H41N9O2/c1-6-31(45)43-18-17-41(20-26(43)15-16-35)33-28(19-36-39(5)30-14-10-13-25-12-9-11-24(4)32(25)30)29(23-44)37-34(38-33)42-21-27(22-42)40(7-2)8-3/h6,9-14,19,23,26-27H,1,7-8,15,17-18,20-22H2,2-5H3/b36-19-. The molecular weight excluding hydrogens is 566 g/mol. The number of hydrogen-bond acceptors (Lipinski definition) is 10. The minimum atomic E-state index is -0.352. The number of aromatic nitrogens is 2. The van der Waals surface area contributed by atoms with Gasteiger partial charge < -0.3 is 14.7 Å². The molecule has 234 valence electrons. The number of benzene rings is 2. The maximum atomic E-state index is 12.6. The zero-order chi connectivity index (χ0) is 32.1. The zero-order valence-corrected chi connectivity index (χ0v) is 26.6. The molecule has 0 bridgehead atoms. The fourth-order valence-corrected chi connectivity index (χ4v) is 6.37. The van der Waals surface area contributed by atoms with Crippen molar-refractivity contribution in [2.45, 2.75) is 39.3 Å². The van der Waals surface area contributed by atoms with Gasteiger partial charge in [0.15, 0.2) is 6.29 Å². The number of nitriles is 1. The monoisotopic (exact) mass is 607 g/mol.